The molecule has 0 heterocycles. The third-order valence-electron chi connectivity index (χ3n) is 3.66. The van der Waals surface area contributed by atoms with Gasteiger partial charge in [-0.05, 0) is 30.7 Å². The first-order valence-electron chi connectivity index (χ1n) is 6.79. The van der Waals surface area contributed by atoms with Crippen molar-refractivity contribution in [1.82, 2.24) is 0 Å². The van der Waals surface area contributed by atoms with Gasteiger partial charge in [-0.25, -0.2) is 0 Å². The second-order valence-electron chi connectivity index (χ2n) is 4.95. The van der Waals surface area contributed by atoms with E-state index >= 15 is 0 Å². The van der Waals surface area contributed by atoms with E-state index < -0.39 is 0 Å². The molecular weight excluding hydrogens is 288 g/mol. The number of benzene rings is 2. The summed E-state index contributed by atoms with van der Waals surface area (Å²) in [4.78, 5) is 11.7. The molecule has 0 saturated heterocycles. The van der Waals surface area contributed by atoms with Gasteiger partial charge < -0.3 is 9.47 Å². The molecular formula is C17H15ClO3. The van der Waals surface area contributed by atoms with Crippen LogP contribution in [-0.2, 0) is 13.0 Å². The Morgan fingerprint density at radius 1 is 1.14 bits per heavy atom. The lowest BCUT2D eigenvalue weighted by Gasteiger charge is -2.13. The van der Waals surface area contributed by atoms with E-state index in [0.29, 0.717) is 18.1 Å². The predicted molar refractivity (Wildman–Crippen MR) is 81.4 cm³/mol. The minimum absolute atomic E-state index is 0.191. The van der Waals surface area contributed by atoms with E-state index in [9.17, 15) is 4.79 Å². The monoisotopic (exact) mass is 302 g/mol. The van der Waals surface area contributed by atoms with Crippen LogP contribution in [0.25, 0.3) is 0 Å². The number of ether oxygens (including phenoxy) is 2. The van der Waals surface area contributed by atoms with Crippen molar-refractivity contribution in [3.8, 4) is 11.5 Å². The van der Waals surface area contributed by atoms with Crippen LogP contribution in [0.2, 0.25) is 5.02 Å². The molecule has 2 aromatic rings. The number of carbonyl (C=O) groups excluding carboxylic acids is 1. The van der Waals surface area contributed by atoms with Gasteiger partial charge in [0.1, 0.15) is 18.1 Å². The summed E-state index contributed by atoms with van der Waals surface area (Å²) in [7, 11) is 1.62. The maximum Gasteiger partial charge on any atom is 0.163 e. The average Bonchev–Trinajstić information content (AvgIpc) is 2.87. The smallest absolute Gasteiger partial charge is 0.163 e. The topological polar surface area (TPSA) is 35.5 Å². The normalized spacial score (nSPS) is 13.1. The zero-order valence-electron chi connectivity index (χ0n) is 11.7. The van der Waals surface area contributed by atoms with E-state index in [4.69, 9.17) is 21.1 Å². The van der Waals surface area contributed by atoms with Gasteiger partial charge in [-0.2, -0.15) is 0 Å². The summed E-state index contributed by atoms with van der Waals surface area (Å²) < 4.78 is 11.2. The molecule has 0 atom stereocenters. The summed E-state index contributed by atoms with van der Waals surface area (Å²) in [5, 5.41) is 0.642. The highest BCUT2D eigenvalue weighted by molar-refractivity contribution is 6.30. The first-order valence-corrected chi connectivity index (χ1v) is 7.17. The molecule has 0 aromatic heterocycles. The Labute approximate surface area is 128 Å². The number of hydrogen-bond donors (Lipinski definition) is 0. The summed E-state index contributed by atoms with van der Waals surface area (Å²) in [6.07, 6.45) is 1.31. The highest BCUT2D eigenvalue weighted by Gasteiger charge is 2.22. The standard InChI is InChI=1S/C17H15ClO3/c1-20-16-8-5-12(18)9-11(16)10-21-17-4-2-3-13-14(17)6-7-15(13)19/h2-5,8-9H,6-7,10H2,1H3. The van der Waals surface area contributed by atoms with Gasteiger partial charge in [-0.3, -0.25) is 4.79 Å². The quantitative estimate of drug-likeness (QED) is 0.854. The van der Waals surface area contributed by atoms with Gasteiger partial charge in [0, 0.05) is 28.1 Å². The van der Waals surface area contributed by atoms with E-state index in [1.54, 1.807) is 13.2 Å². The average molecular weight is 303 g/mol. The molecule has 0 aliphatic heterocycles. The Morgan fingerprint density at radius 3 is 2.81 bits per heavy atom. The minimum Gasteiger partial charge on any atom is -0.496 e. The number of ketones is 1. The Bertz CT molecular complexity index is 694. The van der Waals surface area contributed by atoms with Gasteiger partial charge in [0.15, 0.2) is 5.78 Å². The van der Waals surface area contributed by atoms with Gasteiger partial charge >= 0.3 is 0 Å². The molecule has 3 nitrogen and oxygen atoms in total. The molecule has 0 amide bonds. The number of halogens is 1. The number of carbonyl (C=O) groups is 1. The number of hydrogen-bond acceptors (Lipinski definition) is 3. The van der Waals surface area contributed by atoms with E-state index in [-0.39, 0.29) is 5.78 Å². The second kappa shape index (κ2) is 5.78. The fraction of sp³-hybridized carbons (Fsp3) is 0.235. The zero-order valence-corrected chi connectivity index (χ0v) is 12.4. The van der Waals surface area contributed by atoms with Crippen molar-refractivity contribution >= 4 is 17.4 Å². The molecule has 0 radical (unpaired) electrons. The van der Waals surface area contributed by atoms with Gasteiger partial charge in [-0.15, -0.1) is 0 Å². The highest BCUT2D eigenvalue weighted by Crippen LogP contribution is 2.32. The molecule has 0 N–H and O–H groups in total. The van der Waals surface area contributed by atoms with E-state index in [1.807, 2.05) is 30.3 Å². The lowest BCUT2D eigenvalue weighted by atomic mass is 10.1. The molecule has 0 unspecified atom stereocenters. The van der Waals surface area contributed by atoms with Gasteiger partial charge in [0.25, 0.3) is 0 Å². The molecule has 0 spiro atoms. The van der Waals surface area contributed by atoms with Crippen LogP contribution in [0.5, 0.6) is 11.5 Å². The van der Waals surface area contributed by atoms with Gasteiger partial charge in [0.2, 0.25) is 0 Å². The first kappa shape index (κ1) is 14.0. The summed E-state index contributed by atoms with van der Waals surface area (Å²) in [5.74, 6) is 1.69. The molecule has 0 fully saturated rings. The minimum atomic E-state index is 0.191. The molecule has 2 aromatic carbocycles. The summed E-state index contributed by atoms with van der Waals surface area (Å²) in [5.41, 5.74) is 2.67. The van der Waals surface area contributed by atoms with Crippen LogP contribution in [0.15, 0.2) is 36.4 Å². The maximum absolute atomic E-state index is 11.7. The lowest BCUT2D eigenvalue weighted by molar-refractivity contribution is 0.0994. The van der Waals surface area contributed by atoms with Crippen LogP contribution >= 0.6 is 11.6 Å². The van der Waals surface area contributed by atoms with Crippen LogP contribution < -0.4 is 9.47 Å². The molecule has 3 rings (SSSR count). The molecule has 1 aliphatic carbocycles. The van der Waals surface area contributed by atoms with Gasteiger partial charge in [-0.1, -0.05) is 23.7 Å². The van der Waals surface area contributed by atoms with E-state index in [2.05, 4.69) is 0 Å². The van der Waals surface area contributed by atoms with Crippen LogP contribution in [0.3, 0.4) is 0 Å². The predicted octanol–water partition coefficient (Wildman–Crippen LogP) is 4.06. The molecule has 0 bridgehead atoms. The number of fused-ring (bicyclic) bond motifs is 1. The van der Waals surface area contributed by atoms with Crippen molar-refractivity contribution in [2.45, 2.75) is 19.4 Å². The maximum atomic E-state index is 11.7. The van der Waals surface area contributed by atoms with Crippen molar-refractivity contribution in [1.29, 1.82) is 0 Å². The fourth-order valence-electron chi connectivity index (χ4n) is 2.61. The van der Waals surface area contributed by atoms with Crippen LogP contribution in [0.1, 0.15) is 27.9 Å². The fourth-order valence-corrected chi connectivity index (χ4v) is 2.80. The van der Waals surface area contributed by atoms with Crippen molar-refractivity contribution in [3.05, 3.63) is 58.1 Å². The largest absolute Gasteiger partial charge is 0.496 e. The third-order valence-corrected chi connectivity index (χ3v) is 3.90. The van der Waals surface area contributed by atoms with Crippen molar-refractivity contribution < 1.29 is 14.3 Å². The third kappa shape index (κ3) is 2.74. The molecule has 1 aliphatic rings. The molecule has 108 valence electrons. The van der Waals surface area contributed by atoms with Gasteiger partial charge in [0.05, 0.1) is 7.11 Å². The van der Waals surface area contributed by atoms with Crippen LogP contribution in [0.4, 0.5) is 0 Å². The molecule has 21 heavy (non-hydrogen) atoms. The SMILES string of the molecule is COc1ccc(Cl)cc1COc1cccc2c1CCC2=O. The van der Waals surface area contributed by atoms with Crippen LogP contribution in [-0.4, -0.2) is 12.9 Å². The van der Waals surface area contributed by atoms with E-state index in [1.165, 1.54) is 0 Å². The Kier molecular flexibility index (Phi) is 3.84. The van der Waals surface area contributed by atoms with E-state index in [0.717, 1.165) is 34.6 Å². The highest BCUT2D eigenvalue weighted by atomic mass is 35.5. The van der Waals surface area contributed by atoms with Crippen LogP contribution in [0, 0.1) is 0 Å². The number of rotatable bonds is 4. The van der Waals surface area contributed by atoms with Crippen molar-refractivity contribution in [2.24, 2.45) is 0 Å². The Balaban J connectivity index is 1.83. The van der Waals surface area contributed by atoms with Crippen molar-refractivity contribution in [3.63, 3.8) is 0 Å². The Morgan fingerprint density at radius 2 is 2.00 bits per heavy atom. The first-order chi connectivity index (χ1) is 10.2. The summed E-state index contributed by atoms with van der Waals surface area (Å²) in [6.45, 7) is 0.356. The second-order valence-corrected chi connectivity index (χ2v) is 5.39. The zero-order chi connectivity index (χ0) is 14.8. The summed E-state index contributed by atoms with van der Waals surface area (Å²) in [6, 6.07) is 11.0. The summed E-state index contributed by atoms with van der Waals surface area (Å²) >= 11 is 6.01. The number of Topliss-reactive ketones (excluding diaryl/α,β-unsaturated/α-hetero) is 1. The Hall–Kier alpha value is -2.00. The molecule has 4 heteroatoms. The lowest BCUT2D eigenvalue weighted by Crippen LogP contribution is -2.01. The van der Waals surface area contributed by atoms with Crippen molar-refractivity contribution in [2.75, 3.05) is 7.11 Å². The molecule has 0 saturated carbocycles. The number of methoxy groups -OCH3 is 1.